The van der Waals surface area contributed by atoms with Gasteiger partial charge in [0.05, 0.1) is 0 Å². The highest BCUT2D eigenvalue weighted by molar-refractivity contribution is 5.31. The van der Waals surface area contributed by atoms with E-state index in [1.807, 2.05) is 0 Å². The standard InChI is InChI=1S/C25H33F5/c1-2-3-4-17-5-7-18(8-6-17)9-10-19-11-13-20(14-12-19)21-15-22(26)24(23(27)16-21)25(28,29)30/h9-10,15-20H,2-8,11-14H2,1H3/t17-,18-,19-,20-. The molecule has 0 amide bonds. The normalized spacial score (nSPS) is 28.2. The molecular weight excluding hydrogens is 395 g/mol. The van der Waals surface area contributed by atoms with Gasteiger partial charge < -0.3 is 0 Å². The lowest BCUT2D eigenvalue weighted by atomic mass is 9.76. The maximum absolute atomic E-state index is 13.9. The minimum atomic E-state index is -5.01. The lowest BCUT2D eigenvalue weighted by Crippen LogP contribution is -2.16. The third-order valence-electron chi connectivity index (χ3n) is 7.10. The quantitative estimate of drug-likeness (QED) is 0.314. The minimum absolute atomic E-state index is 0.0741. The van der Waals surface area contributed by atoms with Crippen LogP contribution in [0.5, 0.6) is 0 Å². The largest absolute Gasteiger partial charge is 0.422 e. The van der Waals surface area contributed by atoms with E-state index in [0.29, 0.717) is 17.4 Å². The summed E-state index contributed by atoms with van der Waals surface area (Å²) in [5.41, 5.74) is -1.43. The van der Waals surface area contributed by atoms with Crippen LogP contribution in [0.4, 0.5) is 22.0 Å². The second kappa shape index (κ2) is 10.3. The Bertz CT molecular complexity index is 682. The summed E-state index contributed by atoms with van der Waals surface area (Å²) in [5.74, 6) is -1.06. The van der Waals surface area contributed by atoms with Crippen LogP contribution in [0.3, 0.4) is 0 Å². The third kappa shape index (κ3) is 6.07. The number of rotatable bonds is 6. The molecule has 0 aliphatic heterocycles. The van der Waals surface area contributed by atoms with Gasteiger partial charge in [-0.2, -0.15) is 13.2 Å². The Labute approximate surface area is 176 Å². The highest BCUT2D eigenvalue weighted by atomic mass is 19.4. The predicted molar refractivity (Wildman–Crippen MR) is 110 cm³/mol. The van der Waals surface area contributed by atoms with E-state index in [4.69, 9.17) is 0 Å². The van der Waals surface area contributed by atoms with Crippen molar-refractivity contribution in [1.29, 1.82) is 0 Å². The molecule has 0 N–H and O–H groups in total. The number of unbranched alkanes of at least 4 members (excludes halogenated alkanes) is 1. The van der Waals surface area contributed by atoms with Crippen molar-refractivity contribution in [2.24, 2.45) is 17.8 Å². The van der Waals surface area contributed by atoms with Gasteiger partial charge in [0.25, 0.3) is 0 Å². The Balaban J connectivity index is 1.49. The molecule has 0 spiro atoms. The molecule has 2 saturated carbocycles. The topological polar surface area (TPSA) is 0 Å². The Kier molecular flexibility index (Phi) is 7.98. The maximum atomic E-state index is 13.9. The van der Waals surface area contributed by atoms with Crippen LogP contribution in [0, 0.1) is 29.4 Å². The van der Waals surface area contributed by atoms with Gasteiger partial charge in [-0.05, 0) is 92.7 Å². The third-order valence-corrected chi connectivity index (χ3v) is 7.10. The van der Waals surface area contributed by atoms with Gasteiger partial charge in [0.15, 0.2) is 0 Å². The number of hydrogen-bond acceptors (Lipinski definition) is 0. The summed E-state index contributed by atoms with van der Waals surface area (Å²) in [4.78, 5) is 0. The fourth-order valence-corrected chi connectivity index (χ4v) is 5.22. The number of halogens is 5. The zero-order valence-electron chi connectivity index (χ0n) is 17.8. The van der Waals surface area contributed by atoms with Crippen molar-refractivity contribution in [3.63, 3.8) is 0 Å². The van der Waals surface area contributed by atoms with Crippen LogP contribution in [0.15, 0.2) is 24.3 Å². The van der Waals surface area contributed by atoms with E-state index in [-0.39, 0.29) is 5.92 Å². The Morgan fingerprint density at radius 3 is 1.80 bits per heavy atom. The van der Waals surface area contributed by atoms with Gasteiger partial charge >= 0.3 is 6.18 Å². The van der Waals surface area contributed by atoms with Gasteiger partial charge in [-0.15, -0.1) is 0 Å². The SMILES string of the molecule is CCCC[C@H]1CC[C@H](C=C[C@H]2CC[C@H](c3cc(F)c(C(F)(F)F)c(F)c3)CC2)CC1. The van der Waals surface area contributed by atoms with Gasteiger partial charge in [0.2, 0.25) is 0 Å². The van der Waals surface area contributed by atoms with E-state index in [0.717, 1.165) is 43.7 Å². The molecule has 0 atom stereocenters. The first-order valence-corrected chi connectivity index (χ1v) is 11.5. The van der Waals surface area contributed by atoms with E-state index in [2.05, 4.69) is 19.1 Å². The van der Waals surface area contributed by atoms with Crippen molar-refractivity contribution in [3.05, 3.63) is 47.0 Å². The van der Waals surface area contributed by atoms with Crippen LogP contribution in [0.2, 0.25) is 0 Å². The lowest BCUT2D eigenvalue weighted by Gasteiger charge is -2.29. The van der Waals surface area contributed by atoms with Gasteiger partial charge in [-0.25, -0.2) is 8.78 Å². The molecule has 1 aromatic carbocycles. The van der Waals surface area contributed by atoms with Crippen molar-refractivity contribution in [1.82, 2.24) is 0 Å². The van der Waals surface area contributed by atoms with Crippen molar-refractivity contribution >= 4 is 0 Å². The number of benzene rings is 1. The molecule has 5 heteroatoms. The van der Waals surface area contributed by atoms with Crippen LogP contribution in [0.25, 0.3) is 0 Å². The first-order valence-electron chi connectivity index (χ1n) is 11.5. The van der Waals surface area contributed by atoms with Crippen molar-refractivity contribution < 1.29 is 22.0 Å². The average molecular weight is 429 g/mol. The van der Waals surface area contributed by atoms with E-state index < -0.39 is 23.4 Å². The number of alkyl halides is 3. The summed E-state index contributed by atoms with van der Waals surface area (Å²) < 4.78 is 66.1. The smallest absolute Gasteiger partial charge is 0.206 e. The molecule has 0 bridgehead atoms. The second-order valence-corrected chi connectivity index (χ2v) is 9.28. The molecule has 0 unspecified atom stereocenters. The summed E-state index contributed by atoms with van der Waals surface area (Å²) in [5, 5.41) is 0. The first-order chi connectivity index (χ1) is 14.3. The summed E-state index contributed by atoms with van der Waals surface area (Å²) in [6.45, 7) is 2.24. The number of allylic oxidation sites excluding steroid dienone is 2. The molecule has 2 fully saturated rings. The summed E-state index contributed by atoms with van der Waals surface area (Å²) in [7, 11) is 0. The van der Waals surface area contributed by atoms with E-state index >= 15 is 0 Å². The zero-order valence-corrected chi connectivity index (χ0v) is 17.8. The molecule has 0 radical (unpaired) electrons. The molecule has 168 valence electrons. The Morgan fingerprint density at radius 1 is 0.833 bits per heavy atom. The fraction of sp³-hybridized carbons (Fsp3) is 0.680. The summed E-state index contributed by atoms with van der Waals surface area (Å²) in [6.07, 6.45) is 12.2. The molecule has 0 nitrogen and oxygen atoms in total. The highest BCUT2D eigenvalue weighted by Gasteiger charge is 2.38. The van der Waals surface area contributed by atoms with E-state index in [1.165, 1.54) is 44.9 Å². The van der Waals surface area contributed by atoms with Crippen LogP contribution >= 0.6 is 0 Å². The molecule has 0 aromatic heterocycles. The van der Waals surface area contributed by atoms with Crippen molar-refractivity contribution in [3.8, 4) is 0 Å². The van der Waals surface area contributed by atoms with Crippen LogP contribution < -0.4 is 0 Å². The number of hydrogen-bond donors (Lipinski definition) is 0. The predicted octanol–water partition coefficient (Wildman–Crippen LogP) is 8.81. The van der Waals surface area contributed by atoms with Gasteiger partial charge in [0, 0.05) is 0 Å². The zero-order chi connectivity index (χ0) is 21.7. The molecule has 30 heavy (non-hydrogen) atoms. The minimum Gasteiger partial charge on any atom is -0.206 e. The highest BCUT2D eigenvalue weighted by Crippen LogP contribution is 2.40. The monoisotopic (exact) mass is 428 g/mol. The van der Waals surface area contributed by atoms with E-state index in [1.54, 1.807) is 0 Å². The molecule has 3 rings (SSSR count). The summed E-state index contributed by atoms with van der Waals surface area (Å²) >= 11 is 0. The van der Waals surface area contributed by atoms with Gasteiger partial charge in [-0.3, -0.25) is 0 Å². The van der Waals surface area contributed by atoms with Gasteiger partial charge in [0.1, 0.15) is 17.2 Å². The van der Waals surface area contributed by atoms with Crippen molar-refractivity contribution in [2.75, 3.05) is 0 Å². The molecule has 0 heterocycles. The summed E-state index contributed by atoms with van der Waals surface area (Å²) in [6, 6.07) is 1.76. The maximum Gasteiger partial charge on any atom is 0.422 e. The molecule has 2 aliphatic rings. The Morgan fingerprint density at radius 2 is 1.33 bits per heavy atom. The molecule has 0 saturated heterocycles. The molecule has 2 aliphatic carbocycles. The second-order valence-electron chi connectivity index (χ2n) is 9.28. The average Bonchev–Trinajstić information content (AvgIpc) is 2.70. The Hall–Kier alpha value is -1.39. The lowest BCUT2D eigenvalue weighted by molar-refractivity contribution is -0.142. The van der Waals surface area contributed by atoms with Crippen LogP contribution in [-0.2, 0) is 6.18 Å². The van der Waals surface area contributed by atoms with Crippen LogP contribution in [0.1, 0.15) is 94.6 Å². The first kappa shape index (κ1) is 23.3. The van der Waals surface area contributed by atoms with Gasteiger partial charge in [-0.1, -0.05) is 38.3 Å². The molecular formula is C25H33F5. The van der Waals surface area contributed by atoms with Crippen molar-refractivity contribution in [2.45, 2.75) is 89.6 Å². The van der Waals surface area contributed by atoms with E-state index in [9.17, 15) is 22.0 Å². The van der Waals surface area contributed by atoms with Crippen LogP contribution in [-0.4, -0.2) is 0 Å². The molecule has 1 aromatic rings. The fourth-order valence-electron chi connectivity index (χ4n) is 5.22.